The van der Waals surface area contributed by atoms with Gasteiger partial charge in [0.2, 0.25) is 10.0 Å². The van der Waals surface area contributed by atoms with Gasteiger partial charge in [0, 0.05) is 23.0 Å². The van der Waals surface area contributed by atoms with Crippen LogP contribution < -0.4 is 9.46 Å². The molecule has 1 aromatic heterocycles. The van der Waals surface area contributed by atoms with Crippen molar-refractivity contribution in [2.24, 2.45) is 0 Å². The zero-order valence-electron chi connectivity index (χ0n) is 12.7. The lowest BCUT2D eigenvalue weighted by molar-refractivity contribution is 0.402. The van der Waals surface area contributed by atoms with E-state index in [1.807, 2.05) is 19.9 Å². The normalized spacial score (nSPS) is 11.6. The van der Waals surface area contributed by atoms with Crippen molar-refractivity contribution in [3.63, 3.8) is 0 Å². The van der Waals surface area contributed by atoms with Gasteiger partial charge in [-0.1, -0.05) is 11.6 Å². The second-order valence-corrected chi connectivity index (χ2v) is 7.22. The molecule has 2 rings (SSSR count). The van der Waals surface area contributed by atoms with Crippen molar-refractivity contribution in [3.8, 4) is 5.75 Å². The van der Waals surface area contributed by atoms with Crippen LogP contribution in [0.5, 0.6) is 5.75 Å². The van der Waals surface area contributed by atoms with Crippen molar-refractivity contribution in [3.05, 3.63) is 46.2 Å². The van der Waals surface area contributed by atoms with Gasteiger partial charge < -0.3 is 9.72 Å². The van der Waals surface area contributed by atoms with E-state index < -0.39 is 10.0 Å². The van der Waals surface area contributed by atoms with Crippen molar-refractivity contribution in [2.75, 3.05) is 13.7 Å². The Labute approximate surface area is 135 Å². The maximum atomic E-state index is 12.4. The van der Waals surface area contributed by atoms with E-state index in [0.717, 1.165) is 17.0 Å². The monoisotopic (exact) mass is 342 g/mol. The number of nitrogens with one attached hydrogen (secondary N) is 2. The van der Waals surface area contributed by atoms with Gasteiger partial charge in [0.05, 0.1) is 7.11 Å². The third-order valence-corrected chi connectivity index (χ3v) is 5.08. The quantitative estimate of drug-likeness (QED) is 0.848. The van der Waals surface area contributed by atoms with Crippen LogP contribution in [0.4, 0.5) is 0 Å². The number of ether oxygens (including phenoxy) is 1. The molecule has 2 N–H and O–H groups in total. The highest BCUT2D eigenvalue weighted by molar-refractivity contribution is 7.89. The average Bonchev–Trinajstić information content (AvgIpc) is 2.77. The van der Waals surface area contributed by atoms with Crippen molar-refractivity contribution < 1.29 is 13.2 Å². The van der Waals surface area contributed by atoms with Gasteiger partial charge in [0.25, 0.3) is 0 Å². The number of methoxy groups -OCH3 is 1. The maximum Gasteiger partial charge on any atom is 0.244 e. The number of halogens is 1. The molecule has 0 bridgehead atoms. The molecular formula is C15H19ClN2O3S. The molecule has 2 aromatic rings. The molecule has 0 atom stereocenters. The van der Waals surface area contributed by atoms with Crippen LogP contribution in [0.1, 0.15) is 17.0 Å². The van der Waals surface area contributed by atoms with Gasteiger partial charge in [-0.15, -0.1) is 0 Å². The molecule has 0 fully saturated rings. The second kappa shape index (κ2) is 6.73. The zero-order valence-corrected chi connectivity index (χ0v) is 14.3. The molecule has 0 aliphatic rings. The Hall–Kier alpha value is -1.50. The van der Waals surface area contributed by atoms with Crippen molar-refractivity contribution in [2.45, 2.75) is 25.2 Å². The molecule has 120 valence electrons. The van der Waals surface area contributed by atoms with Crippen molar-refractivity contribution in [1.29, 1.82) is 0 Å². The number of sulfonamides is 1. The van der Waals surface area contributed by atoms with Gasteiger partial charge in [0.15, 0.2) is 0 Å². The van der Waals surface area contributed by atoms with Crippen LogP contribution in [-0.4, -0.2) is 27.1 Å². The van der Waals surface area contributed by atoms with Crippen LogP contribution in [-0.2, 0) is 16.4 Å². The van der Waals surface area contributed by atoms with Gasteiger partial charge in [-0.2, -0.15) is 0 Å². The van der Waals surface area contributed by atoms with Gasteiger partial charge in [-0.3, -0.25) is 0 Å². The highest BCUT2D eigenvalue weighted by Crippen LogP contribution is 2.26. The summed E-state index contributed by atoms with van der Waals surface area (Å²) in [5.74, 6) is 0.269. The summed E-state index contributed by atoms with van der Waals surface area (Å²) in [7, 11) is -2.25. The number of hydrogen-bond acceptors (Lipinski definition) is 3. The molecule has 0 aliphatic carbocycles. The van der Waals surface area contributed by atoms with E-state index in [1.165, 1.54) is 19.2 Å². The average molecular weight is 343 g/mol. The summed E-state index contributed by atoms with van der Waals surface area (Å²) in [6, 6.07) is 6.53. The van der Waals surface area contributed by atoms with Crippen LogP contribution in [0.25, 0.3) is 0 Å². The van der Waals surface area contributed by atoms with Crippen molar-refractivity contribution >= 4 is 21.6 Å². The summed E-state index contributed by atoms with van der Waals surface area (Å²) in [5.41, 5.74) is 3.21. The molecule has 0 saturated heterocycles. The highest BCUT2D eigenvalue weighted by atomic mass is 35.5. The molecule has 5 nitrogen and oxygen atoms in total. The zero-order chi connectivity index (χ0) is 16.3. The SMILES string of the molecule is COc1ccc(Cl)cc1S(=O)(=O)NCCc1cc(C)[nH]c1C. The molecule has 1 aromatic carbocycles. The molecule has 0 spiro atoms. The van der Waals surface area contributed by atoms with Crippen molar-refractivity contribution in [1.82, 2.24) is 9.71 Å². The fraction of sp³-hybridized carbons (Fsp3) is 0.333. The van der Waals surface area contributed by atoms with E-state index in [2.05, 4.69) is 9.71 Å². The molecule has 0 unspecified atom stereocenters. The molecule has 0 amide bonds. The molecular weight excluding hydrogens is 324 g/mol. The molecule has 22 heavy (non-hydrogen) atoms. The number of rotatable bonds is 6. The Kier molecular flexibility index (Phi) is 5.16. The van der Waals surface area contributed by atoms with E-state index in [9.17, 15) is 8.42 Å². The number of hydrogen-bond donors (Lipinski definition) is 2. The van der Waals surface area contributed by atoms with Gasteiger partial charge in [0.1, 0.15) is 10.6 Å². The van der Waals surface area contributed by atoms with Gasteiger partial charge in [-0.25, -0.2) is 13.1 Å². The van der Waals surface area contributed by atoms with Crippen LogP contribution in [0.2, 0.25) is 5.02 Å². The number of H-pyrrole nitrogens is 1. The summed E-state index contributed by atoms with van der Waals surface area (Å²) >= 11 is 5.88. The molecule has 0 aliphatic heterocycles. The largest absolute Gasteiger partial charge is 0.495 e. The number of benzene rings is 1. The van der Waals surface area contributed by atoms with E-state index >= 15 is 0 Å². The second-order valence-electron chi connectivity index (χ2n) is 5.05. The summed E-state index contributed by atoms with van der Waals surface area (Å²) in [6.07, 6.45) is 0.609. The lowest BCUT2D eigenvalue weighted by Gasteiger charge is -2.11. The first-order chi connectivity index (χ1) is 10.3. The first-order valence-corrected chi connectivity index (χ1v) is 8.68. The number of aromatic nitrogens is 1. The molecule has 1 heterocycles. The van der Waals surface area contributed by atoms with E-state index in [-0.39, 0.29) is 10.6 Å². The van der Waals surface area contributed by atoms with Crippen LogP contribution >= 0.6 is 11.6 Å². The highest BCUT2D eigenvalue weighted by Gasteiger charge is 2.19. The Morgan fingerprint density at radius 2 is 2.00 bits per heavy atom. The number of aromatic amines is 1. The van der Waals surface area contributed by atoms with Crippen LogP contribution in [0.3, 0.4) is 0 Å². The third-order valence-electron chi connectivity index (χ3n) is 3.36. The summed E-state index contributed by atoms with van der Waals surface area (Å²) in [4.78, 5) is 3.24. The van der Waals surface area contributed by atoms with E-state index in [0.29, 0.717) is 18.0 Å². The summed E-state index contributed by atoms with van der Waals surface area (Å²) < 4.78 is 32.4. The minimum Gasteiger partial charge on any atom is -0.495 e. The molecule has 0 radical (unpaired) electrons. The van der Waals surface area contributed by atoms with E-state index in [4.69, 9.17) is 16.3 Å². The first-order valence-electron chi connectivity index (χ1n) is 6.82. The topological polar surface area (TPSA) is 71.2 Å². The first kappa shape index (κ1) is 16.9. The summed E-state index contributed by atoms with van der Waals surface area (Å²) in [6.45, 7) is 4.24. The fourth-order valence-corrected chi connectivity index (χ4v) is 3.76. The minimum atomic E-state index is -3.67. The fourth-order valence-electron chi connectivity index (χ4n) is 2.30. The molecule has 7 heteroatoms. The predicted octanol–water partition coefficient (Wildman–Crippen LogP) is 2.81. The van der Waals surface area contributed by atoms with E-state index in [1.54, 1.807) is 6.07 Å². The number of aryl methyl sites for hydroxylation is 2. The third kappa shape index (κ3) is 3.82. The summed E-state index contributed by atoms with van der Waals surface area (Å²) in [5, 5.41) is 0.346. The Morgan fingerprint density at radius 1 is 1.27 bits per heavy atom. The lowest BCUT2D eigenvalue weighted by Crippen LogP contribution is -2.26. The standard InChI is InChI=1S/C15H19ClN2O3S/c1-10-8-12(11(2)18-10)6-7-17-22(19,20)15-9-13(16)4-5-14(15)21-3/h4-5,8-9,17-18H,6-7H2,1-3H3. The Balaban J connectivity index is 2.11. The van der Waals surface area contributed by atoms with Crippen LogP contribution in [0.15, 0.2) is 29.2 Å². The maximum absolute atomic E-state index is 12.4. The van der Waals surface area contributed by atoms with Crippen LogP contribution in [0, 0.1) is 13.8 Å². The van der Waals surface area contributed by atoms with Gasteiger partial charge in [-0.05, 0) is 50.1 Å². The Morgan fingerprint density at radius 3 is 2.59 bits per heavy atom. The smallest absolute Gasteiger partial charge is 0.244 e. The minimum absolute atomic E-state index is 0.0458. The lowest BCUT2D eigenvalue weighted by atomic mass is 10.2. The Bertz CT molecular complexity index is 769. The predicted molar refractivity (Wildman–Crippen MR) is 87.2 cm³/mol. The molecule has 0 saturated carbocycles. The van der Waals surface area contributed by atoms with Gasteiger partial charge >= 0.3 is 0 Å².